The number of aromatic nitrogens is 2. The number of methoxy groups -OCH3 is 1. The van der Waals surface area contributed by atoms with Crippen molar-refractivity contribution in [3.63, 3.8) is 0 Å². The molecule has 0 saturated carbocycles. The van der Waals surface area contributed by atoms with Crippen LogP contribution in [0.4, 0.5) is 0 Å². The largest absolute Gasteiger partial charge is 0.469 e. The van der Waals surface area contributed by atoms with Gasteiger partial charge in [0.2, 0.25) is 5.91 Å². The van der Waals surface area contributed by atoms with Gasteiger partial charge >= 0.3 is 5.97 Å². The van der Waals surface area contributed by atoms with Crippen LogP contribution in [0.25, 0.3) is 0 Å². The fraction of sp³-hybridized carbons (Fsp3) is 0.706. The highest BCUT2D eigenvalue weighted by molar-refractivity contribution is 5.78. The molecule has 0 N–H and O–H groups in total. The van der Waals surface area contributed by atoms with Gasteiger partial charge in [0.15, 0.2) is 0 Å². The first-order chi connectivity index (χ1) is 11.1. The first-order valence-corrected chi connectivity index (χ1v) is 8.41. The Kier molecular flexibility index (Phi) is 6.19. The maximum Gasteiger partial charge on any atom is 0.308 e. The third kappa shape index (κ3) is 4.33. The highest BCUT2D eigenvalue weighted by Crippen LogP contribution is 2.28. The molecule has 6 heteroatoms. The summed E-state index contributed by atoms with van der Waals surface area (Å²) in [5, 5.41) is 0. The van der Waals surface area contributed by atoms with Crippen molar-refractivity contribution in [2.45, 2.75) is 58.0 Å². The number of ether oxygens (including phenoxy) is 1. The van der Waals surface area contributed by atoms with Crippen LogP contribution < -0.4 is 0 Å². The molecule has 6 nitrogen and oxygen atoms in total. The van der Waals surface area contributed by atoms with Crippen molar-refractivity contribution >= 4 is 11.9 Å². The fourth-order valence-electron chi connectivity index (χ4n) is 3.41. The SMILES string of the molecule is CCC(CC(CC(C)N1CCCC1=O)n1ccnc1)C(=O)OC. The molecule has 3 unspecified atom stereocenters. The average Bonchev–Trinajstić information content (AvgIpc) is 3.21. The number of amides is 1. The molecule has 0 aromatic carbocycles. The normalized spacial score (nSPS) is 18.7. The maximum absolute atomic E-state index is 11.9. The molecule has 2 heterocycles. The van der Waals surface area contributed by atoms with Crippen LogP contribution in [0.1, 0.15) is 52.0 Å². The quantitative estimate of drug-likeness (QED) is 0.690. The lowest BCUT2D eigenvalue weighted by molar-refractivity contribution is -0.146. The number of carbonyl (C=O) groups is 2. The number of nitrogens with zero attached hydrogens (tertiary/aromatic N) is 3. The topological polar surface area (TPSA) is 64.4 Å². The minimum Gasteiger partial charge on any atom is -0.469 e. The van der Waals surface area contributed by atoms with E-state index in [4.69, 9.17) is 4.74 Å². The number of esters is 1. The zero-order valence-corrected chi connectivity index (χ0v) is 14.3. The molecule has 0 aliphatic carbocycles. The molecule has 3 atom stereocenters. The predicted molar refractivity (Wildman–Crippen MR) is 86.7 cm³/mol. The molecule has 128 valence electrons. The van der Waals surface area contributed by atoms with Crippen molar-refractivity contribution in [2.75, 3.05) is 13.7 Å². The lowest BCUT2D eigenvalue weighted by Crippen LogP contribution is -2.36. The van der Waals surface area contributed by atoms with Crippen molar-refractivity contribution in [1.29, 1.82) is 0 Å². The van der Waals surface area contributed by atoms with E-state index in [1.165, 1.54) is 7.11 Å². The van der Waals surface area contributed by atoms with Gasteiger partial charge in [-0.25, -0.2) is 4.98 Å². The van der Waals surface area contributed by atoms with E-state index in [-0.39, 0.29) is 29.9 Å². The first kappa shape index (κ1) is 17.5. The van der Waals surface area contributed by atoms with Gasteiger partial charge in [-0.3, -0.25) is 9.59 Å². The Hall–Kier alpha value is -1.85. The second kappa shape index (κ2) is 8.13. The van der Waals surface area contributed by atoms with Crippen LogP contribution in [0, 0.1) is 5.92 Å². The zero-order valence-electron chi connectivity index (χ0n) is 14.3. The number of hydrogen-bond donors (Lipinski definition) is 0. The third-order valence-electron chi connectivity index (χ3n) is 4.79. The van der Waals surface area contributed by atoms with Gasteiger partial charge < -0.3 is 14.2 Å². The molecule has 23 heavy (non-hydrogen) atoms. The standard InChI is InChI=1S/C17H27N3O3/c1-4-14(17(22)23-3)11-15(19-9-7-18-12-19)10-13(2)20-8-5-6-16(20)21/h7,9,12-15H,4-6,8,10-11H2,1-3H3. The van der Waals surface area contributed by atoms with Gasteiger partial charge in [-0.05, 0) is 32.6 Å². The molecule has 1 aromatic rings. The van der Waals surface area contributed by atoms with Crippen LogP contribution in [0.5, 0.6) is 0 Å². The van der Waals surface area contributed by atoms with E-state index < -0.39 is 0 Å². The van der Waals surface area contributed by atoms with E-state index in [1.807, 2.05) is 22.6 Å². The summed E-state index contributed by atoms with van der Waals surface area (Å²) in [6, 6.07) is 0.289. The van der Waals surface area contributed by atoms with Crippen LogP contribution in [0.2, 0.25) is 0 Å². The van der Waals surface area contributed by atoms with Crippen molar-refractivity contribution in [1.82, 2.24) is 14.5 Å². The maximum atomic E-state index is 11.9. The highest BCUT2D eigenvalue weighted by Gasteiger charge is 2.29. The molecular formula is C17H27N3O3. The Labute approximate surface area is 137 Å². The Bertz CT molecular complexity index is 515. The van der Waals surface area contributed by atoms with Crippen LogP contribution >= 0.6 is 0 Å². The summed E-state index contributed by atoms with van der Waals surface area (Å²) in [7, 11) is 1.43. The van der Waals surface area contributed by atoms with Gasteiger partial charge in [0.25, 0.3) is 0 Å². The lowest BCUT2D eigenvalue weighted by atomic mass is 9.93. The molecule has 1 fully saturated rings. The van der Waals surface area contributed by atoms with Gasteiger partial charge in [-0.15, -0.1) is 0 Å². The monoisotopic (exact) mass is 321 g/mol. The second-order valence-corrected chi connectivity index (χ2v) is 6.30. The van der Waals surface area contributed by atoms with Crippen molar-refractivity contribution in [3.8, 4) is 0 Å². The van der Waals surface area contributed by atoms with Gasteiger partial charge in [0.1, 0.15) is 0 Å². The van der Waals surface area contributed by atoms with E-state index in [0.29, 0.717) is 12.8 Å². The van der Waals surface area contributed by atoms with Crippen molar-refractivity contribution < 1.29 is 14.3 Å². The fourth-order valence-corrected chi connectivity index (χ4v) is 3.41. The van der Waals surface area contributed by atoms with Crippen LogP contribution in [0.15, 0.2) is 18.7 Å². The highest BCUT2D eigenvalue weighted by atomic mass is 16.5. The summed E-state index contributed by atoms with van der Waals surface area (Å²) in [5.41, 5.74) is 0. The summed E-state index contributed by atoms with van der Waals surface area (Å²) < 4.78 is 6.96. The molecule has 1 saturated heterocycles. The Morgan fingerprint density at radius 3 is 2.74 bits per heavy atom. The molecule has 0 bridgehead atoms. The summed E-state index contributed by atoms with van der Waals surface area (Å²) in [6.07, 6.45) is 9.31. The smallest absolute Gasteiger partial charge is 0.308 e. The van der Waals surface area contributed by atoms with Gasteiger partial charge in [0.05, 0.1) is 19.4 Å². The number of hydrogen-bond acceptors (Lipinski definition) is 4. The van der Waals surface area contributed by atoms with E-state index in [2.05, 4.69) is 11.9 Å². The van der Waals surface area contributed by atoms with E-state index >= 15 is 0 Å². The predicted octanol–water partition coefficient (Wildman–Crippen LogP) is 2.41. The van der Waals surface area contributed by atoms with Crippen LogP contribution in [0.3, 0.4) is 0 Å². The molecule has 1 aliphatic rings. The summed E-state index contributed by atoms with van der Waals surface area (Å²) in [4.78, 5) is 30.0. The Morgan fingerprint density at radius 1 is 1.43 bits per heavy atom. The summed E-state index contributed by atoms with van der Waals surface area (Å²) in [6.45, 7) is 4.93. The zero-order chi connectivity index (χ0) is 16.8. The molecule has 0 spiro atoms. The molecule has 0 radical (unpaired) electrons. The number of imidazole rings is 1. The van der Waals surface area contributed by atoms with Crippen LogP contribution in [-0.4, -0.2) is 46.0 Å². The Balaban J connectivity index is 2.08. The van der Waals surface area contributed by atoms with E-state index in [1.54, 1.807) is 12.5 Å². The van der Waals surface area contributed by atoms with E-state index in [0.717, 1.165) is 25.8 Å². The number of carbonyl (C=O) groups excluding carboxylic acids is 2. The molecular weight excluding hydrogens is 294 g/mol. The second-order valence-electron chi connectivity index (χ2n) is 6.30. The summed E-state index contributed by atoms with van der Waals surface area (Å²) in [5.74, 6) is -0.0571. The number of likely N-dealkylation sites (tertiary alicyclic amines) is 1. The molecule has 1 aromatic heterocycles. The van der Waals surface area contributed by atoms with Crippen molar-refractivity contribution in [2.24, 2.45) is 5.92 Å². The summed E-state index contributed by atoms with van der Waals surface area (Å²) >= 11 is 0. The van der Waals surface area contributed by atoms with Gasteiger partial charge in [0, 0.05) is 37.4 Å². The van der Waals surface area contributed by atoms with Crippen molar-refractivity contribution in [3.05, 3.63) is 18.7 Å². The Morgan fingerprint density at radius 2 is 2.22 bits per heavy atom. The lowest BCUT2D eigenvalue weighted by Gasteiger charge is -2.30. The van der Waals surface area contributed by atoms with Crippen LogP contribution in [-0.2, 0) is 14.3 Å². The van der Waals surface area contributed by atoms with Gasteiger partial charge in [-0.1, -0.05) is 6.92 Å². The van der Waals surface area contributed by atoms with E-state index in [9.17, 15) is 9.59 Å². The molecule has 1 aliphatic heterocycles. The third-order valence-corrected chi connectivity index (χ3v) is 4.79. The minimum atomic E-state index is -0.164. The molecule has 1 amide bonds. The first-order valence-electron chi connectivity index (χ1n) is 8.41. The van der Waals surface area contributed by atoms with Gasteiger partial charge in [-0.2, -0.15) is 0 Å². The average molecular weight is 321 g/mol. The molecule has 2 rings (SSSR count). The minimum absolute atomic E-state index is 0.130. The number of rotatable bonds is 8.